The van der Waals surface area contributed by atoms with Crippen LogP contribution >= 0.6 is 0 Å². The van der Waals surface area contributed by atoms with Crippen molar-refractivity contribution in [3.8, 4) is 0 Å². The Kier molecular flexibility index (Phi) is 6.47. The largest absolute Gasteiger partial charge is 0.394 e. The van der Waals surface area contributed by atoms with Crippen molar-refractivity contribution in [3.05, 3.63) is 0 Å². The van der Waals surface area contributed by atoms with Gasteiger partial charge in [-0.3, -0.25) is 4.79 Å². The van der Waals surface area contributed by atoms with Gasteiger partial charge in [-0.2, -0.15) is 0 Å². The van der Waals surface area contributed by atoms with E-state index in [1.165, 1.54) is 0 Å². The second kappa shape index (κ2) is 6.76. The highest BCUT2D eigenvalue weighted by atomic mass is 16.5. The molecule has 0 rings (SSSR count). The number of carbonyl (C=O) groups excluding carboxylic acids is 1. The molecule has 0 aliphatic carbocycles. The molecular weight excluding hydrogens is 196 g/mol. The Morgan fingerprint density at radius 3 is 2.67 bits per heavy atom. The van der Waals surface area contributed by atoms with Crippen molar-refractivity contribution in [2.24, 2.45) is 5.73 Å². The minimum Gasteiger partial charge on any atom is -0.394 e. The second-order valence-electron chi connectivity index (χ2n) is 3.95. The minimum absolute atomic E-state index is 0.0910. The predicted octanol–water partition coefficient (Wildman–Crippen LogP) is -0.373. The highest BCUT2D eigenvalue weighted by molar-refractivity contribution is 5.82. The van der Waals surface area contributed by atoms with E-state index in [-0.39, 0.29) is 12.5 Å². The molecule has 0 aromatic rings. The van der Waals surface area contributed by atoms with E-state index in [4.69, 9.17) is 15.6 Å². The number of hydrogen-bond acceptors (Lipinski definition) is 4. The first-order chi connectivity index (χ1) is 6.99. The summed E-state index contributed by atoms with van der Waals surface area (Å²) < 4.78 is 4.84. The van der Waals surface area contributed by atoms with E-state index in [0.29, 0.717) is 19.4 Å². The summed E-state index contributed by atoms with van der Waals surface area (Å²) in [6.45, 7) is 4.05. The van der Waals surface area contributed by atoms with Crippen LogP contribution in [0.1, 0.15) is 26.7 Å². The molecule has 0 aromatic heterocycles. The zero-order valence-electron chi connectivity index (χ0n) is 9.75. The maximum absolute atomic E-state index is 11.6. The summed E-state index contributed by atoms with van der Waals surface area (Å²) >= 11 is 0. The van der Waals surface area contributed by atoms with Crippen LogP contribution in [0.3, 0.4) is 0 Å². The Morgan fingerprint density at radius 1 is 1.67 bits per heavy atom. The first kappa shape index (κ1) is 14.3. The van der Waals surface area contributed by atoms with E-state index >= 15 is 0 Å². The molecule has 0 saturated heterocycles. The number of methoxy groups -OCH3 is 1. The van der Waals surface area contributed by atoms with Gasteiger partial charge in [0.2, 0.25) is 5.91 Å². The molecular formula is C10H22N2O3. The van der Waals surface area contributed by atoms with Crippen LogP contribution in [0, 0.1) is 0 Å². The number of nitrogens with one attached hydrogen (secondary N) is 1. The number of hydrogen-bond donors (Lipinski definition) is 3. The molecule has 1 amide bonds. The molecule has 0 aliphatic rings. The van der Waals surface area contributed by atoms with Crippen LogP contribution in [-0.4, -0.2) is 42.9 Å². The van der Waals surface area contributed by atoms with Gasteiger partial charge >= 0.3 is 0 Å². The molecule has 0 aliphatic heterocycles. The molecule has 0 aromatic carbocycles. The van der Waals surface area contributed by atoms with Gasteiger partial charge in [0.25, 0.3) is 0 Å². The summed E-state index contributed by atoms with van der Waals surface area (Å²) in [5.74, 6) is -0.245. The van der Waals surface area contributed by atoms with Gasteiger partial charge in [0.1, 0.15) is 0 Å². The molecule has 4 N–H and O–H groups in total. The van der Waals surface area contributed by atoms with Gasteiger partial charge in [-0.05, 0) is 19.8 Å². The van der Waals surface area contributed by atoms with Crippen molar-refractivity contribution in [3.63, 3.8) is 0 Å². The predicted molar refractivity (Wildman–Crippen MR) is 58.4 cm³/mol. The molecule has 5 nitrogen and oxygen atoms in total. The summed E-state index contributed by atoms with van der Waals surface area (Å²) in [5, 5.41) is 11.8. The van der Waals surface area contributed by atoms with E-state index in [1.54, 1.807) is 14.0 Å². The molecule has 2 atom stereocenters. The summed E-state index contributed by atoms with van der Waals surface area (Å²) in [6.07, 6.45) is 1.14. The maximum Gasteiger partial charge on any atom is 0.237 e. The van der Waals surface area contributed by atoms with Crippen LogP contribution in [-0.2, 0) is 9.53 Å². The Hall–Kier alpha value is -0.650. The lowest BCUT2D eigenvalue weighted by Gasteiger charge is -2.28. The molecule has 0 heterocycles. The zero-order valence-corrected chi connectivity index (χ0v) is 9.75. The van der Waals surface area contributed by atoms with E-state index in [0.717, 1.165) is 0 Å². The van der Waals surface area contributed by atoms with E-state index in [2.05, 4.69) is 5.32 Å². The van der Waals surface area contributed by atoms with Gasteiger partial charge in [-0.15, -0.1) is 0 Å². The lowest BCUT2D eigenvalue weighted by atomic mass is 9.99. The molecule has 0 radical (unpaired) electrons. The fourth-order valence-electron chi connectivity index (χ4n) is 1.01. The van der Waals surface area contributed by atoms with Crippen LogP contribution < -0.4 is 11.1 Å². The number of ether oxygens (including phenoxy) is 1. The quantitative estimate of drug-likeness (QED) is 0.544. The third kappa shape index (κ3) is 5.11. The van der Waals surface area contributed by atoms with Crippen molar-refractivity contribution in [1.82, 2.24) is 5.32 Å². The van der Waals surface area contributed by atoms with Crippen LogP contribution in [0.15, 0.2) is 0 Å². The van der Waals surface area contributed by atoms with Crippen LogP contribution in [0.2, 0.25) is 0 Å². The molecule has 2 unspecified atom stereocenters. The first-order valence-corrected chi connectivity index (χ1v) is 5.16. The first-order valence-electron chi connectivity index (χ1n) is 5.16. The van der Waals surface area contributed by atoms with Crippen molar-refractivity contribution >= 4 is 5.91 Å². The van der Waals surface area contributed by atoms with Gasteiger partial charge in [-0.1, -0.05) is 6.92 Å². The zero-order chi connectivity index (χ0) is 11.9. The van der Waals surface area contributed by atoms with Crippen molar-refractivity contribution < 1.29 is 14.6 Å². The molecule has 15 heavy (non-hydrogen) atoms. The number of carbonyl (C=O) groups is 1. The lowest BCUT2D eigenvalue weighted by Crippen LogP contribution is -2.53. The summed E-state index contributed by atoms with van der Waals surface area (Å²) in [5.41, 5.74) is 5.06. The van der Waals surface area contributed by atoms with Crippen molar-refractivity contribution in [1.29, 1.82) is 0 Å². The third-order valence-corrected chi connectivity index (χ3v) is 2.52. The third-order valence-electron chi connectivity index (χ3n) is 2.52. The monoisotopic (exact) mass is 218 g/mol. The fraction of sp³-hybridized carbons (Fsp3) is 0.900. The summed E-state index contributed by atoms with van der Waals surface area (Å²) in [6, 6.07) is -0.581. The fourth-order valence-corrected chi connectivity index (χ4v) is 1.01. The second-order valence-corrected chi connectivity index (χ2v) is 3.95. The summed E-state index contributed by atoms with van der Waals surface area (Å²) in [4.78, 5) is 11.6. The Labute approximate surface area is 91.0 Å². The highest BCUT2D eigenvalue weighted by Gasteiger charge is 2.25. The average molecular weight is 218 g/mol. The number of rotatable bonds is 7. The Balaban J connectivity index is 4.10. The minimum atomic E-state index is -0.582. The van der Waals surface area contributed by atoms with Gasteiger partial charge in [0, 0.05) is 13.7 Å². The SMILES string of the molecule is CCC(C)(CO)NC(=O)C(N)CCOC. The van der Waals surface area contributed by atoms with E-state index in [9.17, 15) is 4.79 Å². The molecule has 90 valence electrons. The normalized spacial score (nSPS) is 16.9. The van der Waals surface area contributed by atoms with E-state index < -0.39 is 11.6 Å². The summed E-state index contributed by atoms with van der Waals surface area (Å²) in [7, 11) is 1.56. The Morgan fingerprint density at radius 2 is 2.27 bits per heavy atom. The van der Waals surface area contributed by atoms with Crippen LogP contribution in [0.4, 0.5) is 0 Å². The number of nitrogens with two attached hydrogens (primary N) is 1. The lowest BCUT2D eigenvalue weighted by molar-refractivity contribution is -0.125. The average Bonchev–Trinajstić information content (AvgIpc) is 2.25. The molecule has 0 fully saturated rings. The molecule has 0 saturated carbocycles. The highest BCUT2D eigenvalue weighted by Crippen LogP contribution is 2.07. The maximum atomic E-state index is 11.6. The smallest absolute Gasteiger partial charge is 0.237 e. The van der Waals surface area contributed by atoms with Gasteiger partial charge < -0.3 is 20.9 Å². The number of amides is 1. The van der Waals surface area contributed by atoms with Gasteiger partial charge in [0.15, 0.2) is 0 Å². The standard InChI is InChI=1S/C10H22N2O3/c1-4-10(2,7-13)12-9(14)8(11)5-6-15-3/h8,13H,4-7,11H2,1-3H3,(H,12,14). The molecule has 5 heteroatoms. The number of aliphatic hydroxyl groups is 1. The van der Waals surface area contributed by atoms with Crippen LogP contribution in [0.5, 0.6) is 0 Å². The van der Waals surface area contributed by atoms with Gasteiger partial charge in [-0.25, -0.2) is 0 Å². The van der Waals surface area contributed by atoms with Crippen molar-refractivity contribution in [2.75, 3.05) is 20.3 Å². The Bertz CT molecular complexity index is 193. The number of aliphatic hydroxyl groups excluding tert-OH is 1. The van der Waals surface area contributed by atoms with Gasteiger partial charge in [0.05, 0.1) is 18.2 Å². The van der Waals surface area contributed by atoms with Crippen LogP contribution in [0.25, 0.3) is 0 Å². The topological polar surface area (TPSA) is 84.6 Å². The van der Waals surface area contributed by atoms with E-state index in [1.807, 2.05) is 6.92 Å². The van der Waals surface area contributed by atoms with Crippen molar-refractivity contribution in [2.45, 2.75) is 38.3 Å². The molecule has 0 bridgehead atoms. The molecule has 0 spiro atoms.